The first-order valence-corrected chi connectivity index (χ1v) is 14.2. The van der Waals surface area contributed by atoms with Crippen molar-refractivity contribution in [3.05, 3.63) is 153 Å². The number of hydrogen-bond donors (Lipinski definition) is 1. The van der Waals surface area contributed by atoms with Crippen LogP contribution in [0, 0.1) is 20.2 Å². The van der Waals surface area contributed by atoms with Crippen LogP contribution in [0.4, 0.5) is 27.7 Å². The van der Waals surface area contributed by atoms with E-state index in [1.165, 1.54) is 35.0 Å². The third kappa shape index (κ3) is 6.02. The first-order chi connectivity index (χ1) is 22.6. The zero-order chi connectivity index (χ0) is 33.1. The Bertz CT molecular complexity index is 2050. The number of nitro groups is 2. The topological polar surface area (TPSA) is 175 Å². The summed E-state index contributed by atoms with van der Waals surface area (Å²) in [5, 5.41) is 25.8. The lowest BCUT2D eigenvalue weighted by molar-refractivity contribution is -0.394. The first-order valence-electron chi connectivity index (χ1n) is 14.2. The van der Waals surface area contributed by atoms with E-state index in [1.807, 2.05) is 48.5 Å². The van der Waals surface area contributed by atoms with Crippen LogP contribution in [0.1, 0.15) is 23.6 Å². The Hall–Kier alpha value is -6.70. The minimum Gasteiger partial charge on any atom is -0.445 e. The SMILES string of the molecule is CC1(NC(=O)OCc2ccccc2)N=C(c2ccccc2)c2ccccc2N(c2cn(-c3ccc([N+](=O)[O-])cc3[N+](=O)[O-])cn2)C1=O. The van der Waals surface area contributed by atoms with E-state index in [0.717, 1.165) is 17.7 Å². The van der Waals surface area contributed by atoms with E-state index in [9.17, 15) is 29.8 Å². The molecule has 0 saturated heterocycles. The number of imidazole rings is 1. The lowest BCUT2D eigenvalue weighted by atomic mass is 10.0. The molecule has 1 atom stereocenters. The van der Waals surface area contributed by atoms with Crippen molar-refractivity contribution in [2.24, 2.45) is 4.99 Å². The number of benzene rings is 4. The molecular formula is C33H25N7O7. The van der Waals surface area contributed by atoms with Crippen LogP contribution < -0.4 is 10.2 Å². The molecule has 1 N–H and O–H groups in total. The molecule has 2 amide bonds. The number of non-ortho nitro benzene ring substituents is 1. The van der Waals surface area contributed by atoms with Crippen LogP contribution in [0.2, 0.25) is 0 Å². The van der Waals surface area contributed by atoms with Gasteiger partial charge >= 0.3 is 6.09 Å². The zero-order valence-corrected chi connectivity index (χ0v) is 24.7. The van der Waals surface area contributed by atoms with E-state index in [4.69, 9.17) is 9.73 Å². The maximum atomic E-state index is 14.6. The lowest BCUT2D eigenvalue weighted by Gasteiger charge is -2.29. The maximum Gasteiger partial charge on any atom is 0.409 e. The van der Waals surface area contributed by atoms with Crippen LogP contribution in [0.5, 0.6) is 0 Å². The zero-order valence-electron chi connectivity index (χ0n) is 24.7. The largest absolute Gasteiger partial charge is 0.445 e. The molecule has 14 heteroatoms. The number of nitro benzene ring substituents is 2. The number of carbonyl (C=O) groups is 2. The van der Waals surface area contributed by atoms with Gasteiger partial charge in [0.2, 0.25) is 5.66 Å². The number of benzodiazepines with no additional fused rings is 1. The van der Waals surface area contributed by atoms with Crippen molar-refractivity contribution in [1.82, 2.24) is 14.9 Å². The molecule has 0 aliphatic carbocycles. The average molecular weight is 632 g/mol. The molecule has 5 aromatic rings. The third-order valence-corrected chi connectivity index (χ3v) is 7.40. The smallest absolute Gasteiger partial charge is 0.409 e. The van der Waals surface area contributed by atoms with Crippen LogP contribution in [-0.4, -0.2) is 42.8 Å². The summed E-state index contributed by atoms with van der Waals surface area (Å²) in [5.41, 5.74) is -0.161. The molecule has 0 spiro atoms. The number of hydrogen-bond acceptors (Lipinski definition) is 9. The normalized spacial score (nSPS) is 15.6. The second-order valence-electron chi connectivity index (χ2n) is 10.6. The molecule has 2 heterocycles. The summed E-state index contributed by atoms with van der Waals surface area (Å²) in [5.74, 6) is -0.652. The molecule has 0 fully saturated rings. The van der Waals surface area contributed by atoms with E-state index in [2.05, 4.69) is 10.3 Å². The summed E-state index contributed by atoms with van der Waals surface area (Å²) in [6.45, 7) is 1.40. The molecule has 1 aliphatic rings. The van der Waals surface area contributed by atoms with E-state index in [-0.39, 0.29) is 18.1 Å². The van der Waals surface area contributed by atoms with Crippen LogP contribution >= 0.6 is 0 Å². The summed E-state index contributed by atoms with van der Waals surface area (Å²) in [6.07, 6.45) is 1.74. The molecule has 14 nitrogen and oxygen atoms in total. The highest BCUT2D eigenvalue weighted by atomic mass is 16.6. The molecule has 4 aromatic carbocycles. The van der Waals surface area contributed by atoms with Crippen LogP contribution in [-0.2, 0) is 16.1 Å². The molecule has 1 aliphatic heterocycles. The van der Waals surface area contributed by atoms with E-state index in [1.54, 1.807) is 36.4 Å². The number of fused-ring (bicyclic) bond motifs is 1. The van der Waals surface area contributed by atoms with E-state index < -0.39 is 38.9 Å². The number of alkyl carbamates (subject to hydrolysis) is 1. The quantitative estimate of drug-likeness (QED) is 0.164. The maximum absolute atomic E-state index is 14.6. The molecule has 0 saturated carbocycles. The highest BCUT2D eigenvalue weighted by Gasteiger charge is 2.44. The minimum atomic E-state index is -1.92. The molecule has 1 unspecified atom stereocenters. The fourth-order valence-electron chi connectivity index (χ4n) is 5.16. The highest BCUT2D eigenvalue weighted by Crippen LogP contribution is 2.37. The van der Waals surface area contributed by atoms with Gasteiger partial charge in [0.1, 0.15) is 18.6 Å². The standard InChI is InChI=1S/C33H25N7O7/c1-33(36-32(42)47-20-22-10-4-2-5-11-22)31(41)38(26-15-9-8-14-25(26)30(35-33)23-12-6-3-7-13-23)29-19-37(21-34-29)27-17-16-24(39(43)44)18-28(27)40(45)46/h2-19,21H,20H2,1H3,(H,36,42). The fourth-order valence-corrected chi connectivity index (χ4v) is 5.16. The molecule has 6 rings (SSSR count). The van der Waals surface area contributed by atoms with Crippen molar-refractivity contribution < 1.29 is 24.2 Å². The first kappa shape index (κ1) is 30.3. The summed E-state index contributed by atoms with van der Waals surface area (Å²) in [7, 11) is 0. The number of ether oxygens (including phenoxy) is 1. The monoisotopic (exact) mass is 631 g/mol. The third-order valence-electron chi connectivity index (χ3n) is 7.40. The summed E-state index contributed by atoms with van der Waals surface area (Å²) < 4.78 is 6.73. The van der Waals surface area contributed by atoms with Crippen LogP contribution in [0.3, 0.4) is 0 Å². The van der Waals surface area contributed by atoms with Gasteiger partial charge in [0.25, 0.3) is 17.3 Å². The predicted octanol–water partition coefficient (Wildman–Crippen LogP) is 5.85. The number of aromatic nitrogens is 2. The highest BCUT2D eigenvalue weighted by molar-refractivity contribution is 6.22. The van der Waals surface area contributed by atoms with Gasteiger partial charge in [-0.3, -0.25) is 39.8 Å². The number of amides is 2. The number of anilines is 2. The summed E-state index contributed by atoms with van der Waals surface area (Å²) in [4.78, 5) is 59.9. The van der Waals surface area contributed by atoms with Crippen LogP contribution in [0.15, 0.2) is 121 Å². The Morgan fingerprint density at radius 2 is 1.57 bits per heavy atom. The number of nitrogens with one attached hydrogen (secondary N) is 1. The predicted molar refractivity (Wildman–Crippen MR) is 171 cm³/mol. The van der Waals surface area contributed by atoms with Crippen molar-refractivity contribution in [1.29, 1.82) is 0 Å². The van der Waals surface area contributed by atoms with Crippen molar-refractivity contribution >= 4 is 40.6 Å². The van der Waals surface area contributed by atoms with Gasteiger partial charge < -0.3 is 4.74 Å². The minimum absolute atomic E-state index is 0.0125. The molecule has 1 aromatic heterocycles. The van der Waals surface area contributed by atoms with E-state index >= 15 is 0 Å². The van der Waals surface area contributed by atoms with Gasteiger partial charge in [-0.2, -0.15) is 0 Å². The number of para-hydroxylation sites is 1. The molecule has 47 heavy (non-hydrogen) atoms. The number of rotatable bonds is 8. The molecule has 234 valence electrons. The Labute approximate surface area is 266 Å². The Kier molecular flexibility index (Phi) is 7.98. The van der Waals surface area contributed by atoms with Crippen molar-refractivity contribution in [3.8, 4) is 5.69 Å². The van der Waals surface area contributed by atoms with Crippen molar-refractivity contribution in [2.45, 2.75) is 19.2 Å². The van der Waals surface area contributed by atoms with Gasteiger partial charge in [0.05, 0.1) is 33.5 Å². The second kappa shape index (κ2) is 12.4. The Morgan fingerprint density at radius 3 is 2.28 bits per heavy atom. The average Bonchev–Trinajstić information content (AvgIpc) is 3.53. The second-order valence-corrected chi connectivity index (χ2v) is 10.6. The molecule has 0 radical (unpaired) electrons. The van der Waals surface area contributed by atoms with E-state index in [0.29, 0.717) is 22.5 Å². The summed E-state index contributed by atoms with van der Waals surface area (Å²) in [6, 6.07) is 28.4. The van der Waals surface area contributed by atoms with Gasteiger partial charge in [-0.15, -0.1) is 0 Å². The lowest BCUT2D eigenvalue weighted by Crippen LogP contribution is -2.55. The van der Waals surface area contributed by atoms with Gasteiger partial charge in [-0.25, -0.2) is 14.8 Å². The summed E-state index contributed by atoms with van der Waals surface area (Å²) >= 11 is 0. The van der Waals surface area contributed by atoms with Crippen molar-refractivity contribution in [2.75, 3.05) is 4.90 Å². The number of nitrogens with zero attached hydrogens (tertiary/aromatic N) is 6. The molecule has 0 bridgehead atoms. The fraction of sp³-hybridized carbons (Fsp3) is 0.0909. The van der Waals surface area contributed by atoms with Gasteiger partial charge in [0.15, 0.2) is 5.82 Å². The number of carbonyl (C=O) groups excluding carboxylic acids is 2. The molecular weight excluding hydrogens is 606 g/mol. The van der Waals surface area contributed by atoms with Crippen LogP contribution in [0.25, 0.3) is 5.69 Å². The van der Waals surface area contributed by atoms with Crippen molar-refractivity contribution in [3.63, 3.8) is 0 Å². The van der Waals surface area contributed by atoms with Gasteiger partial charge in [-0.1, -0.05) is 78.9 Å². The van der Waals surface area contributed by atoms with Gasteiger partial charge in [0, 0.05) is 17.2 Å². The number of aliphatic imine (C=N–C) groups is 1. The van der Waals surface area contributed by atoms with Gasteiger partial charge in [-0.05, 0) is 24.6 Å². The Balaban J connectivity index is 1.45. The Morgan fingerprint density at radius 1 is 0.894 bits per heavy atom.